The molecule has 242 valence electrons. The summed E-state index contributed by atoms with van der Waals surface area (Å²) < 4.78 is 38.2. The molecule has 0 spiro atoms. The number of esters is 1. The van der Waals surface area contributed by atoms with Crippen molar-refractivity contribution in [3.63, 3.8) is 0 Å². The lowest BCUT2D eigenvalue weighted by molar-refractivity contribution is -0.175. The molecular formula is C35H51NO7Si. The Kier molecular flexibility index (Phi) is 11.3. The van der Waals surface area contributed by atoms with Crippen molar-refractivity contribution < 1.29 is 32.9 Å². The molecule has 2 heterocycles. The van der Waals surface area contributed by atoms with E-state index >= 15 is 0 Å². The van der Waals surface area contributed by atoms with Crippen LogP contribution >= 0.6 is 0 Å². The molecule has 2 aromatic carbocycles. The SMILES string of the molecule is C=C(C[C@H](O[Si](C)(C)C)[C@H]([C@H]1OC(C)(C)O[C@@H]1[C@H]1COC(C)(C)O1)N(Cc1ccccc1)Cc1ccccc1)C(=O)OCC. The Morgan fingerprint density at radius 2 is 1.50 bits per heavy atom. The third-order valence-corrected chi connectivity index (χ3v) is 8.68. The molecule has 2 fully saturated rings. The summed E-state index contributed by atoms with van der Waals surface area (Å²) in [6, 6.07) is 20.4. The lowest BCUT2D eigenvalue weighted by Gasteiger charge is -2.44. The molecular weight excluding hydrogens is 574 g/mol. The fourth-order valence-electron chi connectivity index (χ4n) is 6.05. The highest BCUT2D eigenvalue weighted by molar-refractivity contribution is 6.69. The summed E-state index contributed by atoms with van der Waals surface area (Å²) in [4.78, 5) is 15.3. The Bertz CT molecular complexity index is 1190. The van der Waals surface area contributed by atoms with Gasteiger partial charge in [-0.2, -0.15) is 0 Å². The van der Waals surface area contributed by atoms with E-state index in [-0.39, 0.29) is 25.2 Å². The number of rotatable bonds is 14. The smallest absolute Gasteiger partial charge is 0.333 e. The minimum Gasteiger partial charge on any atom is -0.463 e. The van der Waals surface area contributed by atoms with Crippen molar-refractivity contribution in [3.05, 3.63) is 83.9 Å². The maximum Gasteiger partial charge on any atom is 0.333 e. The predicted octanol–water partition coefficient (Wildman–Crippen LogP) is 6.46. The maximum atomic E-state index is 12.9. The molecule has 0 unspecified atom stereocenters. The molecule has 2 aromatic rings. The van der Waals surface area contributed by atoms with Gasteiger partial charge in [-0.1, -0.05) is 67.2 Å². The Morgan fingerprint density at radius 3 is 1.98 bits per heavy atom. The summed E-state index contributed by atoms with van der Waals surface area (Å²) in [5.74, 6) is -2.03. The number of hydrogen-bond acceptors (Lipinski definition) is 8. The summed E-state index contributed by atoms with van der Waals surface area (Å²) >= 11 is 0. The second kappa shape index (κ2) is 14.4. The van der Waals surface area contributed by atoms with Gasteiger partial charge in [-0.3, -0.25) is 4.90 Å². The molecule has 0 saturated carbocycles. The molecule has 2 saturated heterocycles. The molecule has 0 N–H and O–H groups in total. The fraction of sp³-hybridized carbons (Fsp3) is 0.571. The number of nitrogens with zero attached hydrogens (tertiary/aromatic N) is 1. The number of carbonyl (C=O) groups excluding carboxylic acids is 1. The quantitative estimate of drug-likeness (QED) is 0.135. The molecule has 44 heavy (non-hydrogen) atoms. The predicted molar refractivity (Wildman–Crippen MR) is 173 cm³/mol. The summed E-state index contributed by atoms with van der Waals surface area (Å²) in [5, 5.41) is 0. The Hall–Kier alpha value is -2.37. The van der Waals surface area contributed by atoms with Crippen LogP contribution in [0.3, 0.4) is 0 Å². The van der Waals surface area contributed by atoms with Gasteiger partial charge >= 0.3 is 5.97 Å². The third-order valence-electron chi connectivity index (χ3n) is 7.67. The minimum absolute atomic E-state index is 0.277. The van der Waals surface area contributed by atoms with E-state index in [9.17, 15) is 4.79 Å². The number of carbonyl (C=O) groups is 1. The van der Waals surface area contributed by atoms with Crippen LogP contribution in [0.25, 0.3) is 0 Å². The zero-order valence-corrected chi connectivity index (χ0v) is 28.7. The van der Waals surface area contributed by atoms with Crippen molar-refractivity contribution in [2.24, 2.45) is 0 Å². The van der Waals surface area contributed by atoms with Crippen molar-refractivity contribution >= 4 is 14.3 Å². The van der Waals surface area contributed by atoms with Crippen molar-refractivity contribution in [1.82, 2.24) is 4.90 Å². The lowest BCUT2D eigenvalue weighted by atomic mass is 9.91. The molecule has 8 nitrogen and oxygen atoms in total. The monoisotopic (exact) mass is 625 g/mol. The Morgan fingerprint density at radius 1 is 0.932 bits per heavy atom. The normalized spacial score (nSPS) is 24.2. The van der Waals surface area contributed by atoms with Gasteiger partial charge in [-0.15, -0.1) is 0 Å². The zero-order valence-electron chi connectivity index (χ0n) is 27.7. The maximum absolute atomic E-state index is 12.9. The van der Waals surface area contributed by atoms with Crippen molar-refractivity contribution in [2.45, 2.75) is 116 Å². The minimum atomic E-state index is -2.17. The molecule has 0 bridgehead atoms. The summed E-state index contributed by atoms with van der Waals surface area (Å²) in [5.41, 5.74) is 2.68. The second-order valence-corrected chi connectivity index (χ2v) is 18.1. The van der Waals surface area contributed by atoms with Crippen LogP contribution in [0.15, 0.2) is 72.8 Å². The first-order valence-corrected chi connectivity index (χ1v) is 19.1. The topological polar surface area (TPSA) is 75.7 Å². The molecule has 2 aliphatic rings. The molecule has 0 aromatic heterocycles. The van der Waals surface area contributed by atoms with E-state index in [1.165, 1.54) is 0 Å². The fourth-order valence-corrected chi connectivity index (χ4v) is 7.18. The van der Waals surface area contributed by atoms with E-state index < -0.39 is 44.2 Å². The lowest BCUT2D eigenvalue weighted by Crippen LogP contribution is -2.58. The Labute approximate surface area is 264 Å². The molecule has 0 aliphatic carbocycles. The number of ether oxygens (including phenoxy) is 5. The van der Waals surface area contributed by atoms with Crippen LogP contribution in [0.4, 0.5) is 0 Å². The first kappa shape index (κ1) is 34.5. The molecule has 0 amide bonds. The van der Waals surface area contributed by atoms with Gasteiger partial charge in [0.25, 0.3) is 0 Å². The molecule has 9 heteroatoms. The largest absolute Gasteiger partial charge is 0.463 e. The first-order chi connectivity index (χ1) is 20.7. The highest BCUT2D eigenvalue weighted by atomic mass is 28.4. The van der Waals surface area contributed by atoms with Crippen LogP contribution in [0.1, 0.15) is 52.2 Å². The van der Waals surface area contributed by atoms with Gasteiger partial charge in [-0.05, 0) is 65.4 Å². The number of hydrogen-bond donors (Lipinski definition) is 0. The first-order valence-electron chi connectivity index (χ1n) is 15.7. The summed E-state index contributed by atoms with van der Waals surface area (Å²) in [6.07, 6.45) is -1.44. The van der Waals surface area contributed by atoms with Gasteiger partial charge in [0.2, 0.25) is 0 Å². The van der Waals surface area contributed by atoms with Crippen molar-refractivity contribution in [3.8, 4) is 0 Å². The average molecular weight is 626 g/mol. The summed E-state index contributed by atoms with van der Waals surface area (Å²) in [6.45, 7) is 22.0. The van der Waals surface area contributed by atoms with E-state index in [0.717, 1.165) is 11.1 Å². The van der Waals surface area contributed by atoms with Crippen LogP contribution < -0.4 is 0 Å². The highest BCUT2D eigenvalue weighted by Gasteiger charge is 2.55. The van der Waals surface area contributed by atoms with Gasteiger partial charge in [-0.25, -0.2) is 4.79 Å². The van der Waals surface area contributed by atoms with E-state index in [4.69, 9.17) is 28.1 Å². The third kappa shape index (κ3) is 9.56. The second-order valence-electron chi connectivity index (χ2n) is 13.6. The van der Waals surface area contributed by atoms with Crippen LogP contribution in [0.5, 0.6) is 0 Å². The average Bonchev–Trinajstić information content (AvgIpc) is 3.46. The van der Waals surface area contributed by atoms with Crippen molar-refractivity contribution in [2.75, 3.05) is 13.2 Å². The standard InChI is InChI=1S/C35H51NO7Si/c1-10-38-33(37)25(2)21-28(43-44(7,8)9)30(32-31(41-35(5,6)42-32)29-24-39-34(3,4)40-29)36(22-26-17-13-11-14-18-26)23-27-19-15-12-16-20-27/h11-20,28-32H,2,10,21-24H2,1,3-9H3/t28-,29+,30+,31+,32+/m0/s1. The van der Waals surface area contributed by atoms with Crippen LogP contribution in [-0.4, -0.2) is 74.4 Å². The Balaban J connectivity index is 1.84. The molecule has 4 rings (SSSR count). The van der Waals surface area contributed by atoms with E-state index in [1.54, 1.807) is 6.92 Å². The summed E-state index contributed by atoms with van der Waals surface area (Å²) in [7, 11) is -2.17. The van der Waals surface area contributed by atoms with Gasteiger partial charge in [0, 0.05) is 25.1 Å². The highest BCUT2D eigenvalue weighted by Crippen LogP contribution is 2.40. The van der Waals surface area contributed by atoms with Crippen LogP contribution in [-0.2, 0) is 46.0 Å². The van der Waals surface area contributed by atoms with E-state index in [1.807, 2.05) is 39.8 Å². The molecule has 2 aliphatic heterocycles. The number of benzene rings is 2. The zero-order chi connectivity index (χ0) is 32.1. The van der Waals surface area contributed by atoms with Gasteiger partial charge in [0.15, 0.2) is 19.9 Å². The van der Waals surface area contributed by atoms with E-state index in [0.29, 0.717) is 25.3 Å². The van der Waals surface area contributed by atoms with Crippen LogP contribution in [0.2, 0.25) is 19.6 Å². The molecule has 0 radical (unpaired) electrons. The van der Waals surface area contributed by atoms with Gasteiger partial charge < -0.3 is 28.1 Å². The van der Waals surface area contributed by atoms with Gasteiger partial charge in [0.1, 0.15) is 18.3 Å². The molecule has 5 atom stereocenters. The van der Waals surface area contributed by atoms with Gasteiger partial charge in [0.05, 0.1) is 25.4 Å². The van der Waals surface area contributed by atoms with Crippen molar-refractivity contribution in [1.29, 1.82) is 0 Å². The van der Waals surface area contributed by atoms with E-state index in [2.05, 4.69) is 79.7 Å². The van der Waals surface area contributed by atoms with Crippen LogP contribution in [0, 0.1) is 0 Å².